The Hall–Kier alpha value is -1.58. The topological polar surface area (TPSA) is 67.7 Å². The molecule has 2 aromatic heterocycles. The van der Waals surface area contributed by atoms with Gasteiger partial charge in [-0.1, -0.05) is 0 Å². The molecule has 1 aliphatic rings. The van der Waals surface area contributed by atoms with E-state index in [0.717, 1.165) is 49.1 Å². The minimum Gasteiger partial charge on any atom is -0.368 e. The molecule has 0 atom stereocenters. The van der Waals surface area contributed by atoms with E-state index in [2.05, 4.69) is 25.7 Å². The van der Waals surface area contributed by atoms with Crippen molar-refractivity contribution in [2.45, 2.75) is 39.4 Å². The highest BCUT2D eigenvalue weighted by atomic mass is 35.5. The molecule has 0 aromatic carbocycles. The number of hydrogen-bond acceptors (Lipinski definition) is 5. The Balaban J connectivity index is 0.00000182. The zero-order valence-electron chi connectivity index (χ0n) is 15.1. The molecular formula is C16H23Cl2F3N6. The summed E-state index contributed by atoms with van der Waals surface area (Å²) in [5, 5.41) is 10.2. The van der Waals surface area contributed by atoms with Gasteiger partial charge < -0.3 is 10.6 Å². The summed E-state index contributed by atoms with van der Waals surface area (Å²) in [6.45, 7) is 5.98. The van der Waals surface area contributed by atoms with Gasteiger partial charge in [0.2, 0.25) is 0 Å². The van der Waals surface area contributed by atoms with Crippen molar-refractivity contribution in [1.29, 1.82) is 0 Å². The van der Waals surface area contributed by atoms with Crippen LogP contribution in [-0.4, -0.2) is 39.4 Å². The van der Waals surface area contributed by atoms with Crippen LogP contribution in [0.4, 0.5) is 19.0 Å². The summed E-state index contributed by atoms with van der Waals surface area (Å²) in [6.07, 6.45) is -2.74. The van der Waals surface area contributed by atoms with Gasteiger partial charge in [0.1, 0.15) is 11.6 Å². The van der Waals surface area contributed by atoms with Crippen molar-refractivity contribution in [3.63, 3.8) is 0 Å². The van der Waals surface area contributed by atoms with E-state index in [1.165, 1.54) is 4.68 Å². The van der Waals surface area contributed by atoms with Gasteiger partial charge in [0, 0.05) is 30.8 Å². The summed E-state index contributed by atoms with van der Waals surface area (Å²) < 4.78 is 39.5. The van der Waals surface area contributed by atoms with Crippen LogP contribution in [0.5, 0.6) is 0 Å². The second-order valence-corrected chi connectivity index (χ2v) is 6.11. The van der Waals surface area contributed by atoms with Gasteiger partial charge >= 0.3 is 6.18 Å². The van der Waals surface area contributed by atoms with Gasteiger partial charge in [0.15, 0.2) is 5.69 Å². The first-order valence-electron chi connectivity index (χ1n) is 8.27. The van der Waals surface area contributed by atoms with Gasteiger partial charge in [-0.25, -0.2) is 9.97 Å². The smallest absolute Gasteiger partial charge is 0.368 e. The fourth-order valence-electron chi connectivity index (χ4n) is 2.97. The van der Waals surface area contributed by atoms with Crippen LogP contribution in [0.2, 0.25) is 0 Å². The fraction of sp³-hybridized carbons (Fsp3) is 0.562. The van der Waals surface area contributed by atoms with E-state index >= 15 is 0 Å². The molecule has 0 radical (unpaired) electrons. The van der Waals surface area contributed by atoms with E-state index in [0.29, 0.717) is 24.6 Å². The molecule has 152 valence electrons. The van der Waals surface area contributed by atoms with E-state index < -0.39 is 11.9 Å². The number of nitrogens with one attached hydrogen (secondary N) is 2. The van der Waals surface area contributed by atoms with Crippen LogP contribution in [-0.2, 0) is 25.6 Å². The lowest BCUT2D eigenvalue weighted by atomic mass is 10.1. The lowest BCUT2D eigenvalue weighted by Crippen LogP contribution is -2.17. The zero-order chi connectivity index (χ0) is 18.0. The number of alkyl halides is 3. The maximum Gasteiger partial charge on any atom is 0.435 e. The Morgan fingerprint density at radius 1 is 1.15 bits per heavy atom. The van der Waals surface area contributed by atoms with Crippen LogP contribution in [0.15, 0.2) is 6.07 Å². The standard InChI is InChI=1S/C16H21F3N6.2ClH/c1-10-9-14(16(17,18)19)24-25(10)8-7-21-15-12-3-5-20-6-4-13(12)22-11(2)23-15;;/h9,20H,3-8H2,1-2H3,(H,21,22,23);2*1H. The molecule has 0 saturated carbocycles. The molecule has 2 N–H and O–H groups in total. The monoisotopic (exact) mass is 426 g/mol. The second kappa shape index (κ2) is 9.57. The molecular weight excluding hydrogens is 404 g/mol. The summed E-state index contributed by atoms with van der Waals surface area (Å²) in [5.41, 5.74) is 1.75. The number of nitrogens with zero attached hydrogens (tertiary/aromatic N) is 4. The number of halogens is 5. The number of fused-ring (bicyclic) bond motifs is 1. The van der Waals surface area contributed by atoms with Gasteiger partial charge in [-0.2, -0.15) is 18.3 Å². The molecule has 0 saturated heterocycles. The minimum atomic E-state index is -4.42. The highest BCUT2D eigenvalue weighted by molar-refractivity contribution is 5.85. The maximum absolute atomic E-state index is 12.7. The number of aromatic nitrogens is 4. The average Bonchev–Trinajstić information content (AvgIpc) is 2.76. The Bertz CT molecular complexity index is 763. The summed E-state index contributed by atoms with van der Waals surface area (Å²) in [7, 11) is 0. The average molecular weight is 427 g/mol. The SMILES string of the molecule is Cc1nc2c(c(NCCn3nc(C(F)(F)F)cc3C)n1)CCNCC2.Cl.Cl. The number of rotatable bonds is 4. The molecule has 0 amide bonds. The first-order valence-corrected chi connectivity index (χ1v) is 8.27. The quantitative estimate of drug-likeness (QED) is 0.786. The van der Waals surface area contributed by atoms with Gasteiger partial charge in [0.25, 0.3) is 0 Å². The van der Waals surface area contributed by atoms with Crippen molar-refractivity contribution in [1.82, 2.24) is 25.1 Å². The van der Waals surface area contributed by atoms with Crippen molar-refractivity contribution in [3.8, 4) is 0 Å². The van der Waals surface area contributed by atoms with E-state index in [4.69, 9.17) is 0 Å². The first kappa shape index (κ1) is 23.5. The number of hydrogen-bond donors (Lipinski definition) is 2. The fourth-order valence-corrected chi connectivity index (χ4v) is 2.97. The number of anilines is 1. The van der Waals surface area contributed by atoms with Crippen LogP contribution in [0.25, 0.3) is 0 Å². The molecule has 27 heavy (non-hydrogen) atoms. The molecule has 11 heteroatoms. The maximum atomic E-state index is 12.7. The second-order valence-electron chi connectivity index (χ2n) is 6.11. The normalized spacial score (nSPS) is 13.8. The molecule has 3 rings (SSSR count). The highest BCUT2D eigenvalue weighted by Gasteiger charge is 2.34. The lowest BCUT2D eigenvalue weighted by Gasteiger charge is -2.14. The van der Waals surface area contributed by atoms with Crippen LogP contribution in [0.3, 0.4) is 0 Å². The molecule has 1 aliphatic heterocycles. The van der Waals surface area contributed by atoms with E-state index in [1.807, 2.05) is 6.92 Å². The lowest BCUT2D eigenvalue weighted by molar-refractivity contribution is -0.141. The number of aryl methyl sites for hydroxylation is 2. The van der Waals surface area contributed by atoms with E-state index in [9.17, 15) is 13.2 Å². The van der Waals surface area contributed by atoms with Crippen molar-refractivity contribution in [2.75, 3.05) is 25.0 Å². The summed E-state index contributed by atoms with van der Waals surface area (Å²) >= 11 is 0. The predicted molar refractivity (Wildman–Crippen MR) is 102 cm³/mol. The molecule has 0 spiro atoms. The van der Waals surface area contributed by atoms with Gasteiger partial charge in [-0.3, -0.25) is 4.68 Å². The molecule has 2 aromatic rings. The summed E-state index contributed by atoms with van der Waals surface area (Å²) in [5.74, 6) is 1.46. The van der Waals surface area contributed by atoms with Crippen LogP contribution in [0.1, 0.15) is 28.5 Å². The molecule has 0 unspecified atom stereocenters. The molecule has 0 fully saturated rings. The zero-order valence-corrected chi connectivity index (χ0v) is 16.7. The van der Waals surface area contributed by atoms with Crippen molar-refractivity contribution < 1.29 is 13.2 Å². The Kier molecular flexibility index (Phi) is 8.31. The van der Waals surface area contributed by atoms with E-state index in [-0.39, 0.29) is 24.8 Å². The van der Waals surface area contributed by atoms with Crippen molar-refractivity contribution >= 4 is 30.6 Å². The van der Waals surface area contributed by atoms with Gasteiger partial charge in [0.05, 0.1) is 12.2 Å². The Morgan fingerprint density at radius 2 is 1.85 bits per heavy atom. The first-order chi connectivity index (χ1) is 11.8. The van der Waals surface area contributed by atoms with Crippen LogP contribution >= 0.6 is 24.8 Å². The Labute approximate surface area is 168 Å². The van der Waals surface area contributed by atoms with Crippen LogP contribution in [0, 0.1) is 13.8 Å². The third-order valence-electron chi connectivity index (χ3n) is 4.18. The van der Waals surface area contributed by atoms with Crippen LogP contribution < -0.4 is 10.6 Å². The van der Waals surface area contributed by atoms with E-state index in [1.54, 1.807) is 6.92 Å². The van der Waals surface area contributed by atoms with Gasteiger partial charge in [-0.15, -0.1) is 24.8 Å². The van der Waals surface area contributed by atoms with Crippen molar-refractivity contribution in [2.24, 2.45) is 0 Å². The third-order valence-corrected chi connectivity index (χ3v) is 4.18. The van der Waals surface area contributed by atoms with Crippen molar-refractivity contribution in [3.05, 3.63) is 34.5 Å². The molecule has 0 bridgehead atoms. The summed E-state index contributed by atoms with van der Waals surface area (Å²) in [4.78, 5) is 8.98. The predicted octanol–water partition coefficient (Wildman–Crippen LogP) is 2.95. The Morgan fingerprint density at radius 3 is 2.52 bits per heavy atom. The summed E-state index contributed by atoms with van der Waals surface area (Å²) in [6, 6.07) is 1.06. The minimum absolute atomic E-state index is 0. The molecule has 6 nitrogen and oxygen atoms in total. The highest BCUT2D eigenvalue weighted by Crippen LogP contribution is 2.28. The molecule has 0 aliphatic carbocycles. The molecule has 3 heterocycles. The largest absolute Gasteiger partial charge is 0.435 e. The van der Waals surface area contributed by atoms with Gasteiger partial charge in [-0.05, 0) is 32.9 Å². The third kappa shape index (κ3) is 5.70.